The van der Waals surface area contributed by atoms with E-state index in [4.69, 9.17) is 0 Å². The predicted molar refractivity (Wildman–Crippen MR) is 74.3 cm³/mol. The third-order valence-electron chi connectivity index (χ3n) is 3.53. The third-order valence-corrected chi connectivity index (χ3v) is 3.53. The second-order valence-corrected chi connectivity index (χ2v) is 4.98. The second kappa shape index (κ2) is 7.67. The Balaban J connectivity index is 4.53. The summed E-state index contributed by atoms with van der Waals surface area (Å²) in [5, 5.41) is 0. The molecule has 0 aliphatic rings. The molecule has 0 aromatic heterocycles. The van der Waals surface area contributed by atoms with Crippen LogP contribution in [0, 0.1) is 0 Å². The minimum absolute atomic E-state index is 1.06. The van der Waals surface area contributed by atoms with Crippen molar-refractivity contribution in [1.29, 1.82) is 0 Å². The highest BCUT2D eigenvalue weighted by Crippen LogP contribution is 2.18. The van der Waals surface area contributed by atoms with Gasteiger partial charge in [0.15, 0.2) is 0 Å². The minimum atomic E-state index is 1.06. The van der Waals surface area contributed by atoms with Crippen LogP contribution >= 0.6 is 0 Å². The molecule has 1 atom stereocenters. The zero-order valence-electron chi connectivity index (χ0n) is 12.0. The van der Waals surface area contributed by atoms with Gasteiger partial charge in [-0.25, -0.2) is 0 Å². The molecule has 0 amide bonds. The van der Waals surface area contributed by atoms with Crippen molar-refractivity contribution in [3.05, 3.63) is 23.9 Å². The smallest absolute Gasteiger partial charge is 0.106 e. The molecule has 0 aromatic carbocycles. The second-order valence-electron chi connectivity index (χ2n) is 4.98. The molecular formula is C15H30N+. The summed E-state index contributed by atoms with van der Waals surface area (Å²) in [6, 6.07) is 0. The molecular weight excluding hydrogens is 194 g/mol. The summed E-state index contributed by atoms with van der Waals surface area (Å²) in [5.74, 6) is 0. The molecule has 0 radical (unpaired) electrons. The minimum Gasteiger partial charge on any atom is -0.298 e. The molecule has 0 aliphatic carbocycles. The number of hydrogen-bond donors (Lipinski definition) is 0. The highest BCUT2D eigenvalue weighted by atomic mass is 15.3. The van der Waals surface area contributed by atoms with Crippen molar-refractivity contribution in [2.75, 3.05) is 20.1 Å². The van der Waals surface area contributed by atoms with Crippen molar-refractivity contribution in [1.82, 2.24) is 0 Å². The van der Waals surface area contributed by atoms with E-state index in [1.165, 1.54) is 37.1 Å². The Morgan fingerprint density at radius 3 is 2.25 bits per heavy atom. The zero-order chi connectivity index (χ0) is 12.6. The average Bonchev–Trinajstić information content (AvgIpc) is 2.26. The van der Waals surface area contributed by atoms with Crippen molar-refractivity contribution in [3.8, 4) is 0 Å². The van der Waals surface area contributed by atoms with Crippen molar-refractivity contribution in [2.24, 2.45) is 0 Å². The fourth-order valence-corrected chi connectivity index (χ4v) is 2.00. The van der Waals surface area contributed by atoms with E-state index in [9.17, 15) is 0 Å². The van der Waals surface area contributed by atoms with E-state index >= 15 is 0 Å². The van der Waals surface area contributed by atoms with Gasteiger partial charge in [0.2, 0.25) is 0 Å². The standard InChI is InChI=1S/C15H30N/c1-7-10-11-14(4)13-15(5)16(6,9-3)12-8-2/h13H,4,7-12H2,1-3,5-6H3/q+1/b15-13+. The Bertz CT molecular complexity index is 240. The van der Waals surface area contributed by atoms with E-state index in [-0.39, 0.29) is 0 Å². The molecule has 0 spiro atoms. The van der Waals surface area contributed by atoms with E-state index in [0.717, 1.165) is 17.4 Å². The van der Waals surface area contributed by atoms with Crippen LogP contribution in [0.2, 0.25) is 0 Å². The third kappa shape index (κ3) is 4.98. The van der Waals surface area contributed by atoms with Crippen LogP contribution in [-0.2, 0) is 0 Å². The van der Waals surface area contributed by atoms with Crippen LogP contribution < -0.4 is 0 Å². The van der Waals surface area contributed by atoms with E-state index in [1.807, 2.05) is 0 Å². The lowest BCUT2D eigenvalue weighted by atomic mass is 10.1. The Hall–Kier alpha value is -0.560. The summed E-state index contributed by atoms with van der Waals surface area (Å²) in [5.41, 5.74) is 2.73. The fourth-order valence-electron chi connectivity index (χ4n) is 2.00. The molecule has 1 heteroatoms. The number of hydrogen-bond acceptors (Lipinski definition) is 0. The summed E-state index contributed by atoms with van der Waals surface area (Å²) in [6.45, 7) is 15.5. The van der Waals surface area contributed by atoms with Gasteiger partial charge in [0.25, 0.3) is 0 Å². The van der Waals surface area contributed by atoms with E-state index < -0.39 is 0 Å². The maximum atomic E-state index is 4.15. The van der Waals surface area contributed by atoms with E-state index in [0.29, 0.717) is 0 Å². The van der Waals surface area contributed by atoms with Crippen LogP contribution in [0.5, 0.6) is 0 Å². The van der Waals surface area contributed by atoms with Crippen LogP contribution in [0.25, 0.3) is 0 Å². The van der Waals surface area contributed by atoms with Gasteiger partial charge in [-0.05, 0) is 37.8 Å². The topological polar surface area (TPSA) is 0 Å². The fraction of sp³-hybridized carbons (Fsp3) is 0.733. The van der Waals surface area contributed by atoms with Gasteiger partial charge < -0.3 is 0 Å². The van der Waals surface area contributed by atoms with Crippen LogP contribution in [0.3, 0.4) is 0 Å². The van der Waals surface area contributed by atoms with Crippen molar-refractivity contribution in [3.63, 3.8) is 0 Å². The first-order chi connectivity index (χ1) is 7.50. The molecule has 0 rings (SSSR count). The first kappa shape index (κ1) is 15.4. The van der Waals surface area contributed by atoms with Gasteiger partial charge >= 0.3 is 0 Å². The SMILES string of the molecule is C=C(/C=C(\C)[N+](C)(CC)CCC)CCCC. The van der Waals surface area contributed by atoms with Crippen molar-refractivity contribution in [2.45, 2.75) is 53.4 Å². The molecule has 1 unspecified atom stereocenters. The van der Waals surface area contributed by atoms with Crippen LogP contribution in [0.15, 0.2) is 23.9 Å². The molecule has 0 aliphatic heterocycles. The molecule has 0 saturated heterocycles. The first-order valence-corrected chi connectivity index (χ1v) is 6.71. The quantitative estimate of drug-likeness (QED) is 0.420. The molecule has 94 valence electrons. The summed E-state index contributed by atoms with van der Waals surface area (Å²) in [6.07, 6.45) is 7.18. The van der Waals surface area contributed by atoms with E-state index in [2.05, 4.69) is 47.4 Å². The van der Waals surface area contributed by atoms with Gasteiger partial charge in [-0.15, -0.1) is 0 Å². The molecule has 0 aromatic rings. The molecule has 0 N–H and O–H groups in total. The lowest BCUT2D eigenvalue weighted by molar-refractivity contribution is -0.870. The normalized spacial score (nSPS) is 15.9. The number of unbranched alkanes of at least 4 members (excludes halogenated alkanes) is 1. The summed E-state index contributed by atoms with van der Waals surface area (Å²) >= 11 is 0. The first-order valence-electron chi connectivity index (χ1n) is 6.71. The molecule has 16 heavy (non-hydrogen) atoms. The molecule has 1 nitrogen and oxygen atoms in total. The van der Waals surface area contributed by atoms with Gasteiger partial charge in [0, 0.05) is 6.92 Å². The Morgan fingerprint density at radius 1 is 1.19 bits per heavy atom. The van der Waals surface area contributed by atoms with E-state index in [1.54, 1.807) is 0 Å². The average molecular weight is 224 g/mol. The monoisotopic (exact) mass is 224 g/mol. The lowest BCUT2D eigenvalue weighted by Crippen LogP contribution is -2.42. The van der Waals surface area contributed by atoms with Crippen LogP contribution in [0.1, 0.15) is 53.4 Å². The van der Waals surface area contributed by atoms with Gasteiger partial charge in [-0.2, -0.15) is 0 Å². The Labute approximate surface area is 102 Å². The molecule has 0 fully saturated rings. The van der Waals surface area contributed by atoms with Gasteiger partial charge in [-0.1, -0.05) is 26.8 Å². The number of rotatable bonds is 8. The predicted octanol–water partition coefficient (Wildman–Crippen LogP) is 4.51. The summed E-state index contributed by atoms with van der Waals surface area (Å²) in [4.78, 5) is 0. The lowest BCUT2D eigenvalue weighted by Gasteiger charge is -2.33. The maximum absolute atomic E-state index is 4.15. The number of nitrogens with zero attached hydrogens (tertiary/aromatic N) is 1. The van der Waals surface area contributed by atoms with Gasteiger partial charge in [0.05, 0.1) is 20.1 Å². The highest BCUT2D eigenvalue weighted by molar-refractivity contribution is 5.16. The Morgan fingerprint density at radius 2 is 1.81 bits per heavy atom. The maximum Gasteiger partial charge on any atom is 0.106 e. The number of allylic oxidation sites excluding steroid dienone is 3. The van der Waals surface area contributed by atoms with Crippen molar-refractivity contribution >= 4 is 0 Å². The summed E-state index contributed by atoms with van der Waals surface area (Å²) < 4.78 is 1.06. The number of quaternary nitrogens is 1. The van der Waals surface area contributed by atoms with Crippen molar-refractivity contribution < 1.29 is 4.48 Å². The zero-order valence-corrected chi connectivity index (χ0v) is 12.0. The van der Waals surface area contributed by atoms with Crippen LogP contribution in [0.4, 0.5) is 0 Å². The molecule has 0 heterocycles. The van der Waals surface area contributed by atoms with Gasteiger partial charge in [-0.3, -0.25) is 4.48 Å². The molecule has 0 bridgehead atoms. The molecule has 0 saturated carbocycles. The van der Waals surface area contributed by atoms with Crippen LogP contribution in [-0.4, -0.2) is 24.6 Å². The summed E-state index contributed by atoms with van der Waals surface area (Å²) in [7, 11) is 2.32. The largest absolute Gasteiger partial charge is 0.298 e. The van der Waals surface area contributed by atoms with Gasteiger partial charge in [0.1, 0.15) is 5.70 Å². The highest BCUT2D eigenvalue weighted by Gasteiger charge is 2.20. The Kier molecular flexibility index (Phi) is 7.40.